The van der Waals surface area contributed by atoms with E-state index < -0.39 is 0 Å². The number of methoxy groups -OCH3 is 1. The number of hydrogen-bond acceptors (Lipinski definition) is 2. The third-order valence-corrected chi connectivity index (χ3v) is 3.70. The van der Waals surface area contributed by atoms with Crippen molar-refractivity contribution in [3.63, 3.8) is 0 Å². The summed E-state index contributed by atoms with van der Waals surface area (Å²) in [5.41, 5.74) is 7.52. The molecule has 0 heterocycles. The molecule has 0 aliphatic heterocycles. The van der Waals surface area contributed by atoms with Crippen molar-refractivity contribution < 1.29 is 4.74 Å². The van der Waals surface area contributed by atoms with Crippen LogP contribution in [-0.2, 0) is 0 Å². The lowest BCUT2D eigenvalue weighted by Crippen LogP contribution is -2.34. The largest absolute Gasteiger partial charge is 0.496 e. The summed E-state index contributed by atoms with van der Waals surface area (Å²) in [5.74, 6) is 2.21. The normalized spacial score (nSPS) is 30.1. The molecule has 0 aromatic heterocycles. The van der Waals surface area contributed by atoms with Crippen LogP contribution < -0.4 is 10.5 Å². The molecule has 0 spiro atoms. The second-order valence-corrected chi connectivity index (χ2v) is 4.93. The molecule has 1 aromatic rings. The summed E-state index contributed by atoms with van der Waals surface area (Å²) in [6.07, 6.45) is 3.57. The van der Waals surface area contributed by atoms with Crippen LogP contribution in [0.1, 0.15) is 37.7 Å². The topological polar surface area (TPSA) is 35.2 Å². The molecule has 2 nitrogen and oxygen atoms in total. The second-order valence-electron chi connectivity index (χ2n) is 4.93. The zero-order valence-electron chi connectivity index (χ0n) is 10.1. The molecule has 0 amide bonds. The number of benzene rings is 1. The molecule has 2 rings (SSSR count). The number of hydrogen-bond donors (Lipinski definition) is 1. The van der Waals surface area contributed by atoms with Crippen LogP contribution in [0.3, 0.4) is 0 Å². The monoisotopic (exact) mass is 219 g/mol. The molecule has 1 fully saturated rings. The van der Waals surface area contributed by atoms with Crippen LogP contribution >= 0.6 is 0 Å². The molecule has 88 valence electrons. The summed E-state index contributed by atoms with van der Waals surface area (Å²) in [6, 6.07) is 8.56. The molecule has 1 aliphatic carbocycles. The van der Waals surface area contributed by atoms with Crippen molar-refractivity contribution in [2.24, 2.45) is 11.7 Å². The van der Waals surface area contributed by atoms with E-state index in [1.165, 1.54) is 18.4 Å². The van der Waals surface area contributed by atoms with Crippen LogP contribution in [-0.4, -0.2) is 13.2 Å². The maximum Gasteiger partial charge on any atom is 0.122 e. The predicted molar refractivity (Wildman–Crippen MR) is 66.7 cm³/mol. The fourth-order valence-corrected chi connectivity index (χ4v) is 2.73. The van der Waals surface area contributed by atoms with Gasteiger partial charge in [-0.2, -0.15) is 0 Å². The zero-order valence-corrected chi connectivity index (χ0v) is 10.1. The third kappa shape index (κ3) is 2.22. The van der Waals surface area contributed by atoms with Gasteiger partial charge in [0.1, 0.15) is 5.75 Å². The minimum Gasteiger partial charge on any atom is -0.496 e. The van der Waals surface area contributed by atoms with Gasteiger partial charge in [-0.15, -0.1) is 0 Å². The molecule has 3 unspecified atom stereocenters. The van der Waals surface area contributed by atoms with E-state index in [4.69, 9.17) is 10.5 Å². The van der Waals surface area contributed by atoms with Crippen molar-refractivity contribution in [1.29, 1.82) is 0 Å². The van der Waals surface area contributed by atoms with Crippen molar-refractivity contribution in [1.82, 2.24) is 0 Å². The summed E-state index contributed by atoms with van der Waals surface area (Å²) in [5, 5.41) is 0. The predicted octanol–water partition coefficient (Wildman–Crippen LogP) is 2.93. The zero-order chi connectivity index (χ0) is 11.5. The van der Waals surface area contributed by atoms with Crippen LogP contribution in [0.5, 0.6) is 5.75 Å². The molecule has 0 radical (unpaired) electrons. The van der Waals surface area contributed by atoms with E-state index in [9.17, 15) is 0 Å². The van der Waals surface area contributed by atoms with Crippen molar-refractivity contribution >= 4 is 0 Å². The summed E-state index contributed by atoms with van der Waals surface area (Å²) >= 11 is 0. The van der Waals surface area contributed by atoms with Gasteiger partial charge in [0.2, 0.25) is 0 Å². The third-order valence-electron chi connectivity index (χ3n) is 3.70. The highest BCUT2D eigenvalue weighted by atomic mass is 16.5. The number of ether oxygens (including phenoxy) is 1. The molecule has 1 aromatic carbocycles. The van der Waals surface area contributed by atoms with E-state index in [0.717, 1.165) is 18.1 Å². The first-order chi connectivity index (χ1) is 7.72. The number of nitrogens with two attached hydrogens (primary N) is 1. The minimum atomic E-state index is 0.285. The molecule has 3 atom stereocenters. The van der Waals surface area contributed by atoms with E-state index >= 15 is 0 Å². The van der Waals surface area contributed by atoms with E-state index in [2.05, 4.69) is 19.1 Å². The smallest absolute Gasteiger partial charge is 0.122 e. The summed E-state index contributed by atoms with van der Waals surface area (Å²) in [4.78, 5) is 0. The van der Waals surface area contributed by atoms with Gasteiger partial charge in [0.05, 0.1) is 7.11 Å². The van der Waals surface area contributed by atoms with Crippen LogP contribution in [0.4, 0.5) is 0 Å². The van der Waals surface area contributed by atoms with Gasteiger partial charge in [-0.3, -0.25) is 0 Å². The lowest BCUT2D eigenvalue weighted by atomic mass is 9.75. The Balaban J connectivity index is 2.27. The van der Waals surface area contributed by atoms with E-state index in [0.29, 0.717) is 5.92 Å². The number of para-hydroxylation sites is 1. The molecule has 16 heavy (non-hydrogen) atoms. The first-order valence-corrected chi connectivity index (χ1v) is 6.11. The summed E-state index contributed by atoms with van der Waals surface area (Å²) in [6.45, 7) is 2.31. The Kier molecular flexibility index (Phi) is 3.49. The van der Waals surface area contributed by atoms with Gasteiger partial charge < -0.3 is 10.5 Å². The van der Waals surface area contributed by atoms with E-state index in [1.807, 2.05) is 12.1 Å². The highest BCUT2D eigenvalue weighted by Gasteiger charge is 2.28. The maximum absolute atomic E-state index is 6.24. The quantitative estimate of drug-likeness (QED) is 0.830. The molecule has 2 N–H and O–H groups in total. The van der Waals surface area contributed by atoms with Crippen LogP contribution in [0, 0.1) is 5.92 Å². The fourth-order valence-electron chi connectivity index (χ4n) is 2.73. The van der Waals surface area contributed by atoms with E-state index in [1.54, 1.807) is 7.11 Å². The van der Waals surface area contributed by atoms with Crippen molar-refractivity contribution in [2.45, 2.75) is 38.1 Å². The van der Waals surface area contributed by atoms with Crippen molar-refractivity contribution in [3.8, 4) is 5.75 Å². The lowest BCUT2D eigenvalue weighted by molar-refractivity contribution is 0.298. The Bertz CT molecular complexity index is 350. The highest BCUT2D eigenvalue weighted by Crippen LogP contribution is 2.38. The fraction of sp³-hybridized carbons (Fsp3) is 0.571. The Morgan fingerprint density at radius 2 is 2.00 bits per heavy atom. The Hall–Kier alpha value is -1.02. The van der Waals surface area contributed by atoms with Gasteiger partial charge in [0, 0.05) is 12.0 Å². The van der Waals surface area contributed by atoms with E-state index in [-0.39, 0.29) is 6.04 Å². The molecule has 2 heteroatoms. The molecule has 0 saturated heterocycles. The SMILES string of the molecule is COc1ccccc1C1CC(C)CCC1N. The maximum atomic E-state index is 6.24. The van der Waals surface area contributed by atoms with Crippen molar-refractivity contribution in [2.75, 3.05) is 7.11 Å². The van der Waals surface area contributed by atoms with Gasteiger partial charge in [0.25, 0.3) is 0 Å². The minimum absolute atomic E-state index is 0.285. The van der Waals surface area contributed by atoms with Crippen molar-refractivity contribution in [3.05, 3.63) is 29.8 Å². The average molecular weight is 219 g/mol. The van der Waals surface area contributed by atoms with Gasteiger partial charge in [-0.25, -0.2) is 0 Å². The van der Waals surface area contributed by atoms with Crippen LogP contribution in [0.25, 0.3) is 0 Å². The Labute approximate surface area is 97.8 Å². The standard InChI is InChI=1S/C14H21NO/c1-10-7-8-13(15)12(9-10)11-5-3-4-6-14(11)16-2/h3-6,10,12-13H,7-9,15H2,1-2H3. The Morgan fingerprint density at radius 1 is 1.25 bits per heavy atom. The molecule has 0 bridgehead atoms. The van der Waals surface area contributed by atoms with Gasteiger partial charge in [-0.1, -0.05) is 25.1 Å². The summed E-state index contributed by atoms with van der Waals surface area (Å²) < 4.78 is 5.43. The Morgan fingerprint density at radius 3 is 2.75 bits per heavy atom. The highest BCUT2D eigenvalue weighted by molar-refractivity contribution is 5.37. The number of rotatable bonds is 2. The molecular formula is C14H21NO. The first kappa shape index (κ1) is 11.5. The van der Waals surface area contributed by atoms with Crippen LogP contribution in [0.15, 0.2) is 24.3 Å². The average Bonchev–Trinajstić information content (AvgIpc) is 2.32. The second kappa shape index (κ2) is 4.88. The lowest BCUT2D eigenvalue weighted by Gasteiger charge is -2.33. The van der Waals surface area contributed by atoms with Gasteiger partial charge in [0.15, 0.2) is 0 Å². The summed E-state index contributed by atoms with van der Waals surface area (Å²) in [7, 11) is 1.73. The van der Waals surface area contributed by atoms with Gasteiger partial charge >= 0.3 is 0 Å². The van der Waals surface area contributed by atoms with Gasteiger partial charge in [-0.05, 0) is 36.8 Å². The molecule has 1 saturated carbocycles. The molecule has 1 aliphatic rings. The first-order valence-electron chi connectivity index (χ1n) is 6.11. The molecular weight excluding hydrogens is 198 g/mol. The van der Waals surface area contributed by atoms with Crippen LogP contribution in [0.2, 0.25) is 0 Å².